The van der Waals surface area contributed by atoms with E-state index in [9.17, 15) is 0 Å². The molecule has 1 unspecified atom stereocenters. The van der Waals surface area contributed by atoms with Crippen molar-refractivity contribution in [3.8, 4) is 5.75 Å². The van der Waals surface area contributed by atoms with Crippen LogP contribution in [0.2, 0.25) is 0 Å². The lowest BCUT2D eigenvalue weighted by molar-refractivity contribution is 0.193. The molecule has 2 aromatic rings. The van der Waals surface area contributed by atoms with Crippen LogP contribution in [0.3, 0.4) is 0 Å². The van der Waals surface area contributed by atoms with Crippen LogP contribution >= 0.6 is 0 Å². The Hall–Kier alpha value is -1.52. The van der Waals surface area contributed by atoms with Crippen molar-refractivity contribution in [2.24, 2.45) is 0 Å². The summed E-state index contributed by atoms with van der Waals surface area (Å²) in [5, 5.41) is 1.29. The van der Waals surface area contributed by atoms with Crippen LogP contribution in [-0.4, -0.2) is 36.1 Å². The van der Waals surface area contributed by atoms with Gasteiger partial charge in [0.2, 0.25) is 0 Å². The van der Waals surface area contributed by atoms with Crippen LogP contribution < -0.4 is 10.3 Å². The van der Waals surface area contributed by atoms with Crippen molar-refractivity contribution in [2.75, 3.05) is 20.1 Å². The van der Waals surface area contributed by atoms with E-state index >= 15 is 0 Å². The first-order chi connectivity index (χ1) is 11.8. The van der Waals surface area contributed by atoms with Crippen molar-refractivity contribution >= 4 is 10.9 Å². The number of aromatic nitrogens is 1. The van der Waals surface area contributed by atoms with Crippen LogP contribution in [0.1, 0.15) is 51.0 Å². The van der Waals surface area contributed by atoms with Gasteiger partial charge < -0.3 is 14.7 Å². The highest BCUT2D eigenvalue weighted by Gasteiger charge is 2.22. The Morgan fingerprint density at radius 1 is 1.29 bits per heavy atom. The number of nitrogens with zero attached hydrogens (tertiary/aromatic N) is 1. The lowest BCUT2D eigenvalue weighted by atomic mass is 10.0. The highest BCUT2D eigenvalue weighted by atomic mass is 16.6. The molecule has 2 N–H and O–H groups in total. The van der Waals surface area contributed by atoms with E-state index in [0.717, 1.165) is 18.7 Å². The summed E-state index contributed by atoms with van der Waals surface area (Å²) in [5.74, 6) is 0.901. The smallest absolute Gasteiger partial charge is 0.147 e. The molecule has 2 heterocycles. The molecular formula is C20H31N3O. The molecule has 1 aliphatic rings. The topological polar surface area (TPSA) is 40.3 Å². The molecule has 0 amide bonds. The number of H-pyrrole nitrogens is 1. The van der Waals surface area contributed by atoms with Crippen molar-refractivity contribution < 1.29 is 4.84 Å². The second-order valence-electron chi connectivity index (χ2n) is 7.06. The predicted molar refractivity (Wildman–Crippen MR) is 100 cm³/mol. The SMILES string of the molecule is CCCCCCNOc1ccc2[nH]cc(CC3CCCN3C)c2c1. The van der Waals surface area contributed by atoms with Gasteiger partial charge in [-0.2, -0.15) is 5.48 Å². The molecular weight excluding hydrogens is 298 g/mol. The maximum Gasteiger partial charge on any atom is 0.147 e. The van der Waals surface area contributed by atoms with E-state index in [1.165, 1.54) is 61.5 Å². The van der Waals surface area contributed by atoms with Gasteiger partial charge >= 0.3 is 0 Å². The number of nitrogens with one attached hydrogen (secondary N) is 2. The van der Waals surface area contributed by atoms with Gasteiger partial charge in [0, 0.05) is 29.7 Å². The summed E-state index contributed by atoms with van der Waals surface area (Å²) in [6, 6.07) is 6.98. The minimum Gasteiger partial charge on any atom is -0.409 e. The molecule has 1 fully saturated rings. The van der Waals surface area contributed by atoms with Gasteiger partial charge in [-0.05, 0) is 63.0 Å². The van der Waals surface area contributed by atoms with Gasteiger partial charge in [0.1, 0.15) is 5.75 Å². The van der Waals surface area contributed by atoms with Crippen LogP contribution in [0.4, 0.5) is 0 Å². The Kier molecular flexibility index (Phi) is 6.16. The summed E-state index contributed by atoms with van der Waals surface area (Å²) in [6.45, 7) is 4.37. The van der Waals surface area contributed by atoms with E-state index < -0.39 is 0 Å². The molecule has 1 atom stereocenters. The van der Waals surface area contributed by atoms with Gasteiger partial charge in [-0.1, -0.05) is 26.2 Å². The first-order valence-corrected chi connectivity index (χ1v) is 9.48. The molecule has 24 heavy (non-hydrogen) atoms. The van der Waals surface area contributed by atoms with Gasteiger partial charge in [0.05, 0.1) is 0 Å². The first kappa shape index (κ1) is 17.3. The molecule has 1 aromatic heterocycles. The highest BCUT2D eigenvalue weighted by molar-refractivity contribution is 5.84. The monoisotopic (exact) mass is 329 g/mol. The van der Waals surface area contributed by atoms with Gasteiger partial charge in [0.25, 0.3) is 0 Å². The van der Waals surface area contributed by atoms with E-state index in [2.05, 4.69) is 47.7 Å². The number of aromatic amines is 1. The highest BCUT2D eigenvalue weighted by Crippen LogP contribution is 2.27. The van der Waals surface area contributed by atoms with Crippen LogP contribution in [0, 0.1) is 0 Å². The summed E-state index contributed by atoms with van der Waals surface area (Å²) < 4.78 is 0. The third kappa shape index (κ3) is 4.31. The maximum absolute atomic E-state index is 5.74. The molecule has 4 nitrogen and oxygen atoms in total. The van der Waals surface area contributed by atoms with Crippen LogP contribution in [0.15, 0.2) is 24.4 Å². The van der Waals surface area contributed by atoms with E-state index in [1.807, 2.05) is 6.07 Å². The van der Waals surface area contributed by atoms with Crippen LogP contribution in [0.25, 0.3) is 10.9 Å². The Balaban J connectivity index is 1.58. The first-order valence-electron chi connectivity index (χ1n) is 9.48. The molecule has 1 saturated heterocycles. The molecule has 3 rings (SSSR count). The Labute approximate surface area is 145 Å². The van der Waals surface area contributed by atoms with Gasteiger partial charge in [-0.3, -0.25) is 0 Å². The molecule has 0 spiro atoms. The fourth-order valence-corrected chi connectivity index (χ4v) is 3.64. The average Bonchev–Trinajstić information content (AvgIpc) is 3.18. The number of likely N-dealkylation sites (tertiary alicyclic amines) is 1. The second-order valence-corrected chi connectivity index (χ2v) is 7.06. The molecule has 4 heteroatoms. The lowest BCUT2D eigenvalue weighted by Gasteiger charge is -2.18. The Bertz CT molecular complexity index is 637. The quantitative estimate of drug-likeness (QED) is 0.533. The molecule has 0 bridgehead atoms. The van der Waals surface area contributed by atoms with Crippen molar-refractivity contribution in [1.82, 2.24) is 15.4 Å². The molecule has 132 valence electrons. The third-order valence-corrected chi connectivity index (χ3v) is 5.19. The summed E-state index contributed by atoms with van der Waals surface area (Å²) in [5.41, 5.74) is 5.69. The lowest BCUT2D eigenvalue weighted by Crippen LogP contribution is -2.26. The third-order valence-electron chi connectivity index (χ3n) is 5.19. The molecule has 0 saturated carbocycles. The van der Waals surface area contributed by atoms with Crippen molar-refractivity contribution in [3.05, 3.63) is 30.0 Å². The number of hydroxylamine groups is 1. The van der Waals surface area contributed by atoms with Crippen molar-refractivity contribution in [1.29, 1.82) is 0 Å². The molecule has 1 aliphatic heterocycles. The molecule has 1 aromatic carbocycles. The van der Waals surface area contributed by atoms with Gasteiger partial charge in [-0.25, -0.2) is 0 Å². The number of likely N-dealkylation sites (N-methyl/N-ethyl adjacent to an activating group) is 1. The van der Waals surface area contributed by atoms with Gasteiger partial charge in [0.15, 0.2) is 0 Å². The molecule has 0 aliphatic carbocycles. The summed E-state index contributed by atoms with van der Waals surface area (Å²) >= 11 is 0. The Morgan fingerprint density at radius 2 is 2.21 bits per heavy atom. The predicted octanol–water partition coefficient (Wildman–Crippen LogP) is 4.27. The zero-order valence-corrected chi connectivity index (χ0v) is 15.1. The van der Waals surface area contributed by atoms with Crippen molar-refractivity contribution in [3.63, 3.8) is 0 Å². The van der Waals surface area contributed by atoms with Crippen LogP contribution in [0.5, 0.6) is 5.75 Å². The van der Waals surface area contributed by atoms with E-state index in [4.69, 9.17) is 4.84 Å². The van der Waals surface area contributed by atoms with E-state index in [-0.39, 0.29) is 0 Å². The number of fused-ring (bicyclic) bond motifs is 1. The summed E-state index contributed by atoms with van der Waals surface area (Å²) in [7, 11) is 2.24. The number of benzene rings is 1. The minimum atomic E-state index is 0.672. The average molecular weight is 329 g/mol. The van der Waals surface area contributed by atoms with Crippen LogP contribution in [-0.2, 0) is 6.42 Å². The maximum atomic E-state index is 5.74. The molecule has 0 radical (unpaired) electrons. The minimum absolute atomic E-state index is 0.672. The number of hydrogen-bond donors (Lipinski definition) is 2. The largest absolute Gasteiger partial charge is 0.409 e. The normalized spacial score (nSPS) is 18.5. The van der Waals surface area contributed by atoms with E-state index in [0.29, 0.717) is 6.04 Å². The summed E-state index contributed by atoms with van der Waals surface area (Å²) in [4.78, 5) is 11.6. The fraction of sp³-hybridized carbons (Fsp3) is 0.600. The number of rotatable bonds is 9. The number of unbranched alkanes of at least 4 members (excludes halogenated alkanes) is 3. The zero-order valence-electron chi connectivity index (χ0n) is 15.1. The zero-order chi connectivity index (χ0) is 16.8. The Morgan fingerprint density at radius 3 is 3.00 bits per heavy atom. The standard InChI is InChI=1S/C20H31N3O/c1-3-4-5-6-11-22-24-18-9-10-20-19(14-18)16(15-21-20)13-17-8-7-12-23(17)2/h9-10,14-15,17,21-22H,3-8,11-13H2,1-2H3. The van der Waals surface area contributed by atoms with Crippen molar-refractivity contribution in [2.45, 2.75) is 57.9 Å². The number of hydrogen-bond acceptors (Lipinski definition) is 3. The summed E-state index contributed by atoms with van der Waals surface area (Å²) in [6.07, 6.45) is 10.9. The fourth-order valence-electron chi connectivity index (χ4n) is 3.64. The van der Waals surface area contributed by atoms with Gasteiger partial charge in [-0.15, -0.1) is 0 Å². The second kappa shape index (κ2) is 8.54. The van der Waals surface area contributed by atoms with E-state index in [1.54, 1.807) is 0 Å².